The topological polar surface area (TPSA) is 121 Å². The second-order valence-electron chi connectivity index (χ2n) is 5.23. The summed E-state index contributed by atoms with van der Waals surface area (Å²) in [5, 5.41) is 20.5. The highest BCUT2D eigenvalue weighted by Crippen LogP contribution is 2.23. The first kappa shape index (κ1) is 17.0. The van der Waals surface area contributed by atoms with Crippen LogP contribution in [-0.2, 0) is 4.79 Å². The molecule has 0 bridgehead atoms. The average Bonchev–Trinajstić information content (AvgIpc) is 2.67. The van der Waals surface area contributed by atoms with Crippen molar-refractivity contribution in [2.75, 3.05) is 11.4 Å². The van der Waals surface area contributed by atoms with Crippen LogP contribution in [0.1, 0.15) is 5.69 Å². The van der Waals surface area contributed by atoms with Gasteiger partial charge in [-0.05, 0) is 18.2 Å². The van der Waals surface area contributed by atoms with Gasteiger partial charge in [0.1, 0.15) is 17.1 Å². The first-order valence-corrected chi connectivity index (χ1v) is 7.52. The van der Waals surface area contributed by atoms with E-state index >= 15 is 0 Å². The highest BCUT2D eigenvalue weighted by molar-refractivity contribution is 6.02. The van der Waals surface area contributed by atoms with Crippen molar-refractivity contribution in [1.29, 1.82) is 0 Å². The number of nitro groups is 1. The molecule has 26 heavy (non-hydrogen) atoms. The zero-order chi connectivity index (χ0) is 18.5. The summed E-state index contributed by atoms with van der Waals surface area (Å²) < 4.78 is 0. The van der Waals surface area contributed by atoms with E-state index in [4.69, 9.17) is 0 Å². The molecule has 0 aliphatic carbocycles. The fraction of sp³-hybridized carbons (Fsp3) is 0.0588. The van der Waals surface area contributed by atoms with Gasteiger partial charge in [0.05, 0.1) is 17.7 Å². The molecule has 1 aromatic heterocycles. The molecule has 1 N–H and O–H groups in total. The number of nitro benzene ring substituents is 1. The van der Waals surface area contributed by atoms with E-state index in [2.05, 4.69) is 15.0 Å². The summed E-state index contributed by atoms with van der Waals surface area (Å²) in [4.78, 5) is 35.9. The monoisotopic (exact) mass is 351 g/mol. The van der Waals surface area contributed by atoms with E-state index in [1.165, 1.54) is 36.8 Å². The van der Waals surface area contributed by atoms with Crippen molar-refractivity contribution in [3.8, 4) is 5.75 Å². The fourth-order valence-electron chi connectivity index (χ4n) is 2.23. The summed E-state index contributed by atoms with van der Waals surface area (Å²) in [6, 6.07) is 9.05. The van der Waals surface area contributed by atoms with Crippen LogP contribution in [0.25, 0.3) is 0 Å². The average molecular weight is 351 g/mol. The third-order valence-corrected chi connectivity index (χ3v) is 3.50. The quantitative estimate of drug-likeness (QED) is 0.511. The summed E-state index contributed by atoms with van der Waals surface area (Å²) in [5.41, 5.74) is 0.739. The van der Waals surface area contributed by atoms with Gasteiger partial charge in [-0.1, -0.05) is 6.07 Å². The van der Waals surface area contributed by atoms with E-state index < -0.39 is 10.8 Å². The van der Waals surface area contributed by atoms with E-state index in [0.717, 1.165) is 6.21 Å². The van der Waals surface area contributed by atoms with Crippen LogP contribution in [0.2, 0.25) is 0 Å². The molecule has 1 amide bonds. The summed E-state index contributed by atoms with van der Waals surface area (Å²) in [6.07, 6.45) is 5.60. The molecule has 0 spiro atoms. The number of pyridine rings is 1. The smallest absolute Gasteiger partial charge is 0.297 e. The van der Waals surface area contributed by atoms with Crippen molar-refractivity contribution in [3.05, 3.63) is 70.3 Å². The molecule has 1 aliphatic rings. The van der Waals surface area contributed by atoms with Crippen molar-refractivity contribution in [1.82, 2.24) is 4.98 Å². The van der Waals surface area contributed by atoms with Gasteiger partial charge in [-0.2, -0.15) is 0 Å². The molecular weight excluding hydrogens is 338 g/mol. The van der Waals surface area contributed by atoms with Gasteiger partial charge in [0.15, 0.2) is 0 Å². The maximum atomic E-state index is 12.2. The number of non-ortho nitro benzene ring substituents is 1. The highest BCUT2D eigenvalue weighted by Gasteiger charge is 2.16. The van der Waals surface area contributed by atoms with E-state index in [1.54, 1.807) is 23.1 Å². The van der Waals surface area contributed by atoms with Gasteiger partial charge in [-0.3, -0.25) is 24.9 Å². The molecule has 2 aromatic rings. The standard InChI is InChI=1S/C17H13N5O4/c23-16-5-2-6-18-14(16)10-20-17(24)15-11-21(8-7-19-15)12-3-1-4-13(9-12)22(25)26/h1-7,9-11,23H,8H2. The number of aromatic nitrogens is 1. The third-order valence-electron chi connectivity index (χ3n) is 3.50. The predicted octanol–water partition coefficient (Wildman–Crippen LogP) is 2.07. The Morgan fingerprint density at radius 1 is 1.35 bits per heavy atom. The summed E-state index contributed by atoms with van der Waals surface area (Å²) >= 11 is 0. The van der Waals surface area contributed by atoms with E-state index in [1.807, 2.05) is 0 Å². The van der Waals surface area contributed by atoms with Crippen LogP contribution >= 0.6 is 0 Å². The Hall–Kier alpha value is -3.88. The van der Waals surface area contributed by atoms with Crippen LogP contribution < -0.4 is 4.90 Å². The molecule has 9 heteroatoms. The Morgan fingerprint density at radius 3 is 2.96 bits per heavy atom. The summed E-state index contributed by atoms with van der Waals surface area (Å²) in [6.45, 7) is 0.364. The maximum Gasteiger partial charge on any atom is 0.297 e. The number of amides is 1. The van der Waals surface area contributed by atoms with Crippen LogP contribution in [0.15, 0.2) is 64.5 Å². The predicted molar refractivity (Wildman–Crippen MR) is 95.5 cm³/mol. The van der Waals surface area contributed by atoms with Gasteiger partial charge in [0.2, 0.25) is 0 Å². The molecule has 9 nitrogen and oxygen atoms in total. The lowest BCUT2D eigenvalue weighted by Gasteiger charge is -2.21. The van der Waals surface area contributed by atoms with E-state index in [0.29, 0.717) is 12.2 Å². The minimum Gasteiger partial charge on any atom is -0.506 e. The molecule has 130 valence electrons. The van der Waals surface area contributed by atoms with E-state index in [-0.39, 0.29) is 22.8 Å². The number of nitrogens with zero attached hydrogens (tertiary/aromatic N) is 5. The van der Waals surface area contributed by atoms with E-state index in [9.17, 15) is 20.0 Å². The first-order valence-electron chi connectivity index (χ1n) is 7.52. The SMILES string of the molecule is O=C(N=Cc1ncccc1O)C1=CN(c2cccc([N+](=O)[O-])c2)CC=N1. The lowest BCUT2D eigenvalue weighted by molar-refractivity contribution is -0.384. The Bertz CT molecular complexity index is 952. The fourth-order valence-corrected chi connectivity index (χ4v) is 2.23. The molecule has 3 rings (SSSR count). The molecular formula is C17H13N5O4. The maximum absolute atomic E-state index is 12.2. The summed E-state index contributed by atoms with van der Waals surface area (Å²) in [7, 11) is 0. The van der Waals surface area contributed by atoms with Crippen molar-refractivity contribution >= 4 is 29.7 Å². The number of hydrogen-bond donors (Lipinski definition) is 1. The largest absolute Gasteiger partial charge is 0.506 e. The number of anilines is 1. The van der Waals surface area contributed by atoms with Gasteiger partial charge in [0, 0.05) is 36.4 Å². The van der Waals surface area contributed by atoms with Gasteiger partial charge < -0.3 is 10.0 Å². The van der Waals surface area contributed by atoms with Gasteiger partial charge in [-0.15, -0.1) is 0 Å². The number of benzene rings is 1. The lowest BCUT2D eigenvalue weighted by atomic mass is 10.2. The highest BCUT2D eigenvalue weighted by atomic mass is 16.6. The number of hydrogen-bond acceptors (Lipinski definition) is 7. The molecule has 1 aliphatic heterocycles. The number of aliphatic imine (C=N–C) groups is 2. The Kier molecular flexibility index (Phi) is 4.79. The number of rotatable bonds is 4. The van der Waals surface area contributed by atoms with Crippen LogP contribution in [-0.4, -0.2) is 39.9 Å². The van der Waals surface area contributed by atoms with Crippen LogP contribution in [0.3, 0.4) is 0 Å². The normalized spacial score (nSPS) is 13.7. The number of aromatic hydroxyl groups is 1. The second kappa shape index (κ2) is 7.34. The molecule has 0 radical (unpaired) electrons. The lowest BCUT2D eigenvalue weighted by Crippen LogP contribution is -2.23. The molecule has 1 aromatic carbocycles. The molecule has 0 fully saturated rings. The first-order chi connectivity index (χ1) is 12.5. The molecule has 0 unspecified atom stereocenters. The van der Waals surface area contributed by atoms with Crippen molar-refractivity contribution in [2.24, 2.45) is 9.98 Å². The van der Waals surface area contributed by atoms with Gasteiger partial charge in [0.25, 0.3) is 11.6 Å². The number of carbonyl (C=O) groups excluding carboxylic acids is 1. The minimum atomic E-state index is -0.624. The van der Waals surface area contributed by atoms with Gasteiger partial charge in [-0.25, -0.2) is 4.99 Å². The zero-order valence-electron chi connectivity index (χ0n) is 13.4. The Balaban J connectivity index is 1.81. The molecule has 0 saturated heterocycles. The Morgan fingerprint density at radius 2 is 2.19 bits per heavy atom. The Labute approximate surface area is 147 Å². The van der Waals surface area contributed by atoms with Crippen molar-refractivity contribution in [3.63, 3.8) is 0 Å². The summed E-state index contributed by atoms with van der Waals surface area (Å²) in [5.74, 6) is -0.718. The number of carbonyl (C=O) groups is 1. The van der Waals surface area contributed by atoms with Crippen molar-refractivity contribution < 1.29 is 14.8 Å². The van der Waals surface area contributed by atoms with Crippen LogP contribution in [0.4, 0.5) is 11.4 Å². The molecule has 2 heterocycles. The third kappa shape index (κ3) is 3.78. The van der Waals surface area contributed by atoms with Crippen LogP contribution in [0.5, 0.6) is 5.75 Å². The van der Waals surface area contributed by atoms with Gasteiger partial charge >= 0.3 is 0 Å². The van der Waals surface area contributed by atoms with Crippen LogP contribution in [0, 0.1) is 10.1 Å². The minimum absolute atomic E-state index is 0.0464. The second-order valence-corrected chi connectivity index (χ2v) is 5.23. The molecule has 0 saturated carbocycles. The molecule has 0 atom stereocenters. The zero-order valence-corrected chi connectivity index (χ0v) is 13.4. The van der Waals surface area contributed by atoms with Crippen molar-refractivity contribution in [2.45, 2.75) is 0 Å².